The number of aromatic nitrogens is 1. The van der Waals surface area contributed by atoms with E-state index in [9.17, 15) is 4.79 Å². The molecule has 1 aromatic carbocycles. The summed E-state index contributed by atoms with van der Waals surface area (Å²) in [5.74, 6) is -0.0197. The number of carbonyl (C=O) groups excluding carboxylic acids is 1. The number of nitrogens with zero attached hydrogens (tertiary/aromatic N) is 1. The summed E-state index contributed by atoms with van der Waals surface area (Å²) in [4.78, 5) is 16.3. The van der Waals surface area contributed by atoms with Crippen molar-refractivity contribution < 1.29 is 9.53 Å². The van der Waals surface area contributed by atoms with Gasteiger partial charge in [0.25, 0.3) is 0 Å². The molecule has 112 valence electrons. The Morgan fingerprint density at radius 3 is 2.43 bits per heavy atom. The average molecular weight is 365 g/mol. The Morgan fingerprint density at radius 2 is 1.90 bits per heavy atom. The highest BCUT2D eigenvalue weighted by molar-refractivity contribution is 7.09. The molecule has 0 N–H and O–H groups in total. The van der Waals surface area contributed by atoms with Crippen LogP contribution in [0.3, 0.4) is 0 Å². The van der Waals surface area contributed by atoms with Gasteiger partial charge in [-0.3, -0.25) is 4.79 Å². The van der Waals surface area contributed by atoms with E-state index in [0.29, 0.717) is 16.6 Å². The fourth-order valence-corrected chi connectivity index (χ4v) is 3.32. The average Bonchev–Trinajstić information content (AvgIpc) is 2.82. The molecule has 7 heteroatoms. The molecule has 0 aliphatic rings. The summed E-state index contributed by atoms with van der Waals surface area (Å²) >= 11 is 19.3. The maximum Gasteiger partial charge on any atom is 0.317 e. The summed E-state index contributed by atoms with van der Waals surface area (Å²) in [6.45, 7) is 4.10. The van der Waals surface area contributed by atoms with Gasteiger partial charge in [0.2, 0.25) is 0 Å². The first-order valence-electron chi connectivity index (χ1n) is 6.16. The minimum Gasteiger partial charge on any atom is -0.423 e. The first-order valence-corrected chi connectivity index (χ1v) is 8.17. The molecule has 0 bridgehead atoms. The lowest BCUT2D eigenvalue weighted by Gasteiger charge is -2.08. The first-order chi connectivity index (χ1) is 9.86. The van der Waals surface area contributed by atoms with Crippen LogP contribution in [0, 0.1) is 0 Å². The van der Waals surface area contributed by atoms with Crippen molar-refractivity contribution in [2.75, 3.05) is 0 Å². The molecule has 21 heavy (non-hydrogen) atoms. The van der Waals surface area contributed by atoms with Gasteiger partial charge in [0.1, 0.15) is 0 Å². The van der Waals surface area contributed by atoms with E-state index in [0.717, 1.165) is 5.01 Å². The molecule has 0 fully saturated rings. The van der Waals surface area contributed by atoms with E-state index < -0.39 is 5.97 Å². The molecule has 0 radical (unpaired) electrons. The van der Waals surface area contributed by atoms with Crippen LogP contribution in [0.1, 0.15) is 30.5 Å². The predicted molar refractivity (Wildman–Crippen MR) is 87.0 cm³/mol. The predicted octanol–water partition coefficient (Wildman–Crippen LogP) is 5.37. The molecule has 2 aromatic rings. The standard InChI is InChI=1S/C14H12Cl3NO2S/c1-7(2)14-18-9(6-21-14)5-12(19)20-13-10(16)3-8(15)4-11(13)17/h3-4,6-7H,5H2,1-2H3. The molecule has 0 amide bonds. The second kappa shape index (κ2) is 6.97. The molecule has 1 aromatic heterocycles. The second-order valence-electron chi connectivity index (χ2n) is 4.68. The number of carbonyl (C=O) groups is 1. The van der Waals surface area contributed by atoms with Gasteiger partial charge in [0.05, 0.1) is 27.2 Å². The van der Waals surface area contributed by atoms with E-state index in [-0.39, 0.29) is 22.2 Å². The summed E-state index contributed by atoms with van der Waals surface area (Å²) in [6.07, 6.45) is 0.0680. The van der Waals surface area contributed by atoms with Crippen LogP contribution >= 0.6 is 46.1 Å². The van der Waals surface area contributed by atoms with Gasteiger partial charge in [0.15, 0.2) is 5.75 Å². The zero-order chi connectivity index (χ0) is 15.6. The van der Waals surface area contributed by atoms with E-state index in [1.165, 1.54) is 23.5 Å². The Hall–Kier alpha value is -0.810. The molecule has 0 atom stereocenters. The molecule has 1 heterocycles. The maximum atomic E-state index is 11.9. The van der Waals surface area contributed by atoms with Crippen molar-refractivity contribution in [3.63, 3.8) is 0 Å². The number of benzene rings is 1. The van der Waals surface area contributed by atoms with Crippen molar-refractivity contribution in [2.24, 2.45) is 0 Å². The summed E-state index contributed by atoms with van der Waals surface area (Å²) in [7, 11) is 0. The van der Waals surface area contributed by atoms with Gasteiger partial charge in [-0.05, 0) is 12.1 Å². The van der Waals surface area contributed by atoms with Gasteiger partial charge >= 0.3 is 5.97 Å². The number of hydrogen-bond acceptors (Lipinski definition) is 4. The summed E-state index contributed by atoms with van der Waals surface area (Å²) in [5, 5.41) is 3.61. The Morgan fingerprint density at radius 1 is 1.29 bits per heavy atom. The Kier molecular flexibility index (Phi) is 5.49. The molecule has 0 aliphatic heterocycles. The van der Waals surface area contributed by atoms with Crippen LogP contribution in [-0.2, 0) is 11.2 Å². The van der Waals surface area contributed by atoms with Gasteiger partial charge in [0, 0.05) is 16.3 Å². The fraction of sp³-hybridized carbons (Fsp3) is 0.286. The monoisotopic (exact) mass is 363 g/mol. The number of thiazole rings is 1. The van der Waals surface area contributed by atoms with Gasteiger partial charge < -0.3 is 4.74 Å². The lowest BCUT2D eigenvalue weighted by Crippen LogP contribution is -2.12. The van der Waals surface area contributed by atoms with Gasteiger partial charge in [-0.25, -0.2) is 4.98 Å². The normalized spacial score (nSPS) is 11.0. The van der Waals surface area contributed by atoms with Gasteiger partial charge in [-0.2, -0.15) is 0 Å². The van der Waals surface area contributed by atoms with Crippen molar-refractivity contribution in [2.45, 2.75) is 26.2 Å². The van der Waals surface area contributed by atoms with E-state index in [4.69, 9.17) is 39.5 Å². The first kappa shape index (κ1) is 16.6. The van der Waals surface area contributed by atoms with Gasteiger partial charge in [-0.1, -0.05) is 48.7 Å². The van der Waals surface area contributed by atoms with Crippen LogP contribution in [0.2, 0.25) is 15.1 Å². The molecule has 0 unspecified atom stereocenters. The zero-order valence-electron chi connectivity index (χ0n) is 11.3. The third-order valence-corrected chi connectivity index (χ3v) is 4.54. The van der Waals surface area contributed by atoms with Crippen molar-refractivity contribution in [3.8, 4) is 5.75 Å². The molecule has 3 nitrogen and oxygen atoms in total. The number of halogens is 3. The lowest BCUT2D eigenvalue weighted by atomic mass is 10.2. The Labute approximate surface area is 141 Å². The molecule has 0 saturated carbocycles. The summed E-state index contributed by atoms with van der Waals surface area (Å²) in [6, 6.07) is 2.94. The molecule has 2 rings (SSSR count). The third kappa shape index (κ3) is 4.33. The van der Waals surface area contributed by atoms with E-state index >= 15 is 0 Å². The van der Waals surface area contributed by atoms with E-state index in [1.807, 2.05) is 19.2 Å². The molecular formula is C14H12Cl3NO2S. The smallest absolute Gasteiger partial charge is 0.317 e. The SMILES string of the molecule is CC(C)c1nc(CC(=O)Oc2c(Cl)cc(Cl)cc2Cl)cs1. The van der Waals surface area contributed by atoms with Crippen LogP contribution in [0.5, 0.6) is 5.75 Å². The fourth-order valence-electron chi connectivity index (χ4n) is 1.59. The third-order valence-electron chi connectivity index (χ3n) is 2.57. The van der Waals surface area contributed by atoms with E-state index in [1.54, 1.807) is 0 Å². The summed E-state index contributed by atoms with van der Waals surface area (Å²) in [5.41, 5.74) is 0.676. The van der Waals surface area contributed by atoms with Crippen molar-refractivity contribution >= 4 is 52.1 Å². The van der Waals surface area contributed by atoms with Crippen LogP contribution in [-0.4, -0.2) is 11.0 Å². The topological polar surface area (TPSA) is 39.2 Å². The van der Waals surface area contributed by atoms with Gasteiger partial charge in [-0.15, -0.1) is 11.3 Å². The molecular weight excluding hydrogens is 353 g/mol. The van der Waals surface area contributed by atoms with Crippen LogP contribution in [0.4, 0.5) is 0 Å². The Bertz CT molecular complexity index is 647. The highest BCUT2D eigenvalue weighted by atomic mass is 35.5. The van der Waals surface area contributed by atoms with Crippen molar-refractivity contribution in [1.29, 1.82) is 0 Å². The van der Waals surface area contributed by atoms with Crippen LogP contribution < -0.4 is 4.74 Å². The highest BCUT2D eigenvalue weighted by Crippen LogP contribution is 2.36. The molecule has 0 spiro atoms. The number of hydrogen-bond donors (Lipinski definition) is 0. The van der Waals surface area contributed by atoms with Crippen LogP contribution in [0.25, 0.3) is 0 Å². The second-order valence-corrected chi connectivity index (χ2v) is 6.82. The quantitative estimate of drug-likeness (QED) is 0.540. The minimum absolute atomic E-state index is 0.0680. The number of ether oxygens (including phenoxy) is 1. The largest absolute Gasteiger partial charge is 0.423 e. The minimum atomic E-state index is -0.471. The Balaban J connectivity index is 2.08. The van der Waals surface area contributed by atoms with Crippen LogP contribution in [0.15, 0.2) is 17.5 Å². The highest BCUT2D eigenvalue weighted by Gasteiger charge is 2.16. The summed E-state index contributed by atoms with van der Waals surface area (Å²) < 4.78 is 5.21. The maximum absolute atomic E-state index is 11.9. The van der Waals surface area contributed by atoms with E-state index in [2.05, 4.69) is 4.98 Å². The number of esters is 1. The molecule has 0 aliphatic carbocycles. The molecule has 0 saturated heterocycles. The van der Waals surface area contributed by atoms with Crippen molar-refractivity contribution in [1.82, 2.24) is 4.98 Å². The zero-order valence-corrected chi connectivity index (χ0v) is 14.4. The van der Waals surface area contributed by atoms with Crippen molar-refractivity contribution in [3.05, 3.63) is 43.3 Å². The lowest BCUT2D eigenvalue weighted by molar-refractivity contribution is -0.133. The number of rotatable bonds is 4.